The van der Waals surface area contributed by atoms with Crippen LogP contribution < -0.4 is 5.32 Å². The first-order valence-corrected chi connectivity index (χ1v) is 9.46. The van der Waals surface area contributed by atoms with E-state index in [1.54, 1.807) is 0 Å². The van der Waals surface area contributed by atoms with Crippen molar-refractivity contribution in [1.82, 2.24) is 0 Å². The Balaban J connectivity index is 1.96. The molecule has 0 saturated heterocycles. The summed E-state index contributed by atoms with van der Waals surface area (Å²) in [6.45, 7) is 2.10. The molecule has 0 heterocycles. The van der Waals surface area contributed by atoms with Crippen LogP contribution in [0.2, 0.25) is 0 Å². The third-order valence-electron chi connectivity index (χ3n) is 4.23. The molecule has 0 unspecified atom stereocenters. The van der Waals surface area contributed by atoms with Gasteiger partial charge in [-0.2, -0.15) is 0 Å². The second-order valence-corrected chi connectivity index (χ2v) is 7.14. The summed E-state index contributed by atoms with van der Waals surface area (Å²) in [6.07, 6.45) is 0.883. The molecular weight excluding hydrogens is 421 g/mol. The predicted octanol–water partition coefficient (Wildman–Crippen LogP) is 5.62. The number of amides is 1. The van der Waals surface area contributed by atoms with E-state index in [-0.39, 0.29) is 11.8 Å². The second-order valence-electron chi connectivity index (χ2n) is 5.90. The molecular formula is C22H20INO. The lowest BCUT2D eigenvalue weighted by Crippen LogP contribution is -2.22. The molecule has 25 heavy (non-hydrogen) atoms. The highest BCUT2D eigenvalue weighted by Crippen LogP contribution is 2.27. The maximum atomic E-state index is 13.2. The van der Waals surface area contributed by atoms with Crippen molar-refractivity contribution in [3.63, 3.8) is 0 Å². The Morgan fingerprint density at radius 3 is 2.00 bits per heavy atom. The van der Waals surface area contributed by atoms with Gasteiger partial charge in [-0.1, -0.05) is 67.6 Å². The summed E-state index contributed by atoms with van der Waals surface area (Å²) in [5.41, 5.74) is 4.04. The summed E-state index contributed by atoms with van der Waals surface area (Å²) in [5.74, 6) is -0.334. The van der Waals surface area contributed by atoms with E-state index in [0.717, 1.165) is 28.8 Å². The van der Waals surface area contributed by atoms with E-state index >= 15 is 0 Å². The Labute approximate surface area is 162 Å². The normalized spacial score (nSPS) is 10.7. The van der Waals surface area contributed by atoms with Crippen LogP contribution in [-0.4, -0.2) is 5.91 Å². The van der Waals surface area contributed by atoms with Gasteiger partial charge < -0.3 is 5.32 Å². The molecule has 2 nitrogen and oxygen atoms in total. The molecule has 0 radical (unpaired) electrons. The number of halogens is 1. The molecule has 0 bridgehead atoms. The predicted molar refractivity (Wildman–Crippen MR) is 112 cm³/mol. The molecule has 0 aliphatic heterocycles. The lowest BCUT2D eigenvalue weighted by molar-refractivity contribution is -0.116. The summed E-state index contributed by atoms with van der Waals surface area (Å²) in [4.78, 5) is 13.2. The Bertz CT molecular complexity index is 807. The minimum atomic E-state index is -0.327. The molecule has 3 aromatic rings. The van der Waals surface area contributed by atoms with Gasteiger partial charge in [0.05, 0.1) is 5.92 Å². The zero-order valence-electron chi connectivity index (χ0n) is 14.1. The monoisotopic (exact) mass is 441 g/mol. The van der Waals surface area contributed by atoms with Gasteiger partial charge in [0.25, 0.3) is 0 Å². The average Bonchev–Trinajstić information content (AvgIpc) is 2.65. The topological polar surface area (TPSA) is 29.1 Å². The number of carbonyl (C=O) groups is 1. The highest BCUT2D eigenvalue weighted by atomic mass is 127. The summed E-state index contributed by atoms with van der Waals surface area (Å²) in [6, 6.07) is 26.0. The molecule has 0 saturated carbocycles. The molecule has 0 fully saturated rings. The highest BCUT2D eigenvalue weighted by Gasteiger charge is 2.23. The molecule has 0 spiro atoms. The van der Waals surface area contributed by atoms with Gasteiger partial charge in [0.1, 0.15) is 0 Å². The van der Waals surface area contributed by atoms with Gasteiger partial charge >= 0.3 is 0 Å². The van der Waals surface area contributed by atoms with E-state index < -0.39 is 0 Å². The largest absolute Gasteiger partial charge is 0.325 e. The Hall–Kier alpha value is -2.14. The number of aryl methyl sites for hydroxylation is 1. The van der Waals surface area contributed by atoms with Gasteiger partial charge in [0.15, 0.2) is 0 Å². The lowest BCUT2D eigenvalue weighted by atomic mass is 9.90. The molecule has 126 valence electrons. The summed E-state index contributed by atoms with van der Waals surface area (Å²) in [7, 11) is 0. The van der Waals surface area contributed by atoms with E-state index in [1.807, 2.05) is 72.8 Å². The number of rotatable bonds is 5. The lowest BCUT2D eigenvalue weighted by Gasteiger charge is -2.19. The Morgan fingerprint density at radius 1 is 0.920 bits per heavy atom. The second kappa shape index (κ2) is 8.30. The Kier molecular flexibility index (Phi) is 5.87. The van der Waals surface area contributed by atoms with E-state index in [1.165, 1.54) is 3.57 Å². The third-order valence-corrected chi connectivity index (χ3v) is 4.91. The maximum absolute atomic E-state index is 13.2. The van der Waals surface area contributed by atoms with Crippen LogP contribution in [0.1, 0.15) is 29.5 Å². The first-order valence-electron chi connectivity index (χ1n) is 8.38. The van der Waals surface area contributed by atoms with Crippen LogP contribution in [0.3, 0.4) is 0 Å². The van der Waals surface area contributed by atoms with Crippen LogP contribution in [0.4, 0.5) is 5.69 Å². The fraction of sp³-hybridized carbons (Fsp3) is 0.136. The highest BCUT2D eigenvalue weighted by molar-refractivity contribution is 14.1. The minimum Gasteiger partial charge on any atom is -0.325 e. The quantitative estimate of drug-likeness (QED) is 0.512. The first-order chi connectivity index (χ1) is 12.2. The van der Waals surface area contributed by atoms with Crippen LogP contribution in [0.5, 0.6) is 0 Å². The van der Waals surface area contributed by atoms with Crippen LogP contribution in [0.15, 0.2) is 78.9 Å². The van der Waals surface area contributed by atoms with Gasteiger partial charge in [-0.05, 0) is 63.9 Å². The van der Waals surface area contributed by atoms with Crippen molar-refractivity contribution >= 4 is 34.2 Å². The molecule has 1 amide bonds. The molecule has 0 aromatic heterocycles. The van der Waals surface area contributed by atoms with Crippen molar-refractivity contribution in [2.45, 2.75) is 19.3 Å². The first kappa shape index (κ1) is 17.7. The fourth-order valence-corrected chi connectivity index (χ4v) is 3.52. The molecule has 1 N–H and O–H groups in total. The van der Waals surface area contributed by atoms with Crippen LogP contribution in [0, 0.1) is 3.57 Å². The summed E-state index contributed by atoms with van der Waals surface area (Å²) in [5, 5.41) is 3.14. The van der Waals surface area contributed by atoms with Crippen molar-refractivity contribution < 1.29 is 4.79 Å². The van der Waals surface area contributed by atoms with E-state index in [9.17, 15) is 4.79 Å². The van der Waals surface area contributed by atoms with Gasteiger partial charge in [-0.3, -0.25) is 4.79 Å². The number of benzene rings is 3. The standard InChI is InChI=1S/C22H20INO/c1-2-16-15-19(23)13-14-20(16)24-22(25)21(17-9-5-3-6-10-17)18-11-7-4-8-12-18/h3-15,21H,2H2,1H3,(H,24,25). The van der Waals surface area contributed by atoms with Gasteiger partial charge in [-0.15, -0.1) is 0 Å². The zero-order chi connectivity index (χ0) is 17.6. The van der Waals surface area contributed by atoms with Crippen molar-refractivity contribution in [2.75, 3.05) is 5.32 Å². The maximum Gasteiger partial charge on any atom is 0.236 e. The molecule has 3 aromatic carbocycles. The van der Waals surface area contributed by atoms with Gasteiger partial charge in [-0.25, -0.2) is 0 Å². The number of hydrogen-bond donors (Lipinski definition) is 1. The fourth-order valence-electron chi connectivity index (χ4n) is 2.97. The van der Waals surface area contributed by atoms with Crippen LogP contribution in [0.25, 0.3) is 0 Å². The van der Waals surface area contributed by atoms with E-state index in [2.05, 4.69) is 40.9 Å². The summed E-state index contributed by atoms with van der Waals surface area (Å²) < 4.78 is 1.18. The molecule has 0 aliphatic carbocycles. The van der Waals surface area contributed by atoms with Crippen molar-refractivity contribution in [2.24, 2.45) is 0 Å². The SMILES string of the molecule is CCc1cc(I)ccc1NC(=O)C(c1ccccc1)c1ccccc1. The summed E-state index contributed by atoms with van der Waals surface area (Å²) >= 11 is 2.30. The average molecular weight is 441 g/mol. The van der Waals surface area contributed by atoms with Crippen molar-refractivity contribution in [1.29, 1.82) is 0 Å². The third kappa shape index (κ3) is 4.28. The molecule has 3 rings (SSSR count). The van der Waals surface area contributed by atoms with E-state index in [0.29, 0.717) is 0 Å². The molecule has 3 heteroatoms. The molecule has 0 atom stereocenters. The van der Waals surface area contributed by atoms with Crippen molar-refractivity contribution in [3.8, 4) is 0 Å². The Morgan fingerprint density at radius 2 is 1.48 bits per heavy atom. The van der Waals surface area contributed by atoms with Crippen molar-refractivity contribution in [3.05, 3.63) is 99.1 Å². The van der Waals surface area contributed by atoms with E-state index in [4.69, 9.17) is 0 Å². The van der Waals surface area contributed by atoms with Gasteiger partial charge in [0, 0.05) is 9.26 Å². The number of hydrogen-bond acceptors (Lipinski definition) is 1. The number of nitrogens with one attached hydrogen (secondary N) is 1. The molecule has 0 aliphatic rings. The zero-order valence-corrected chi connectivity index (χ0v) is 16.2. The van der Waals surface area contributed by atoms with Crippen LogP contribution in [-0.2, 0) is 11.2 Å². The van der Waals surface area contributed by atoms with Gasteiger partial charge in [0.2, 0.25) is 5.91 Å². The minimum absolute atomic E-state index is 0.00620. The van der Waals surface area contributed by atoms with Crippen LogP contribution >= 0.6 is 22.6 Å². The number of carbonyl (C=O) groups excluding carboxylic acids is 1. The number of anilines is 1. The smallest absolute Gasteiger partial charge is 0.236 e.